The number of carbonyl (C=O) groups excluding carboxylic acids is 1. The van der Waals surface area contributed by atoms with Gasteiger partial charge in [0.1, 0.15) is 17.8 Å². The van der Waals surface area contributed by atoms with E-state index < -0.39 is 0 Å². The number of methoxy groups -OCH3 is 2. The number of ether oxygens (including phenoxy) is 2. The third-order valence-electron chi connectivity index (χ3n) is 1.82. The minimum atomic E-state index is 0.223. The van der Waals surface area contributed by atoms with Crippen molar-refractivity contribution in [3.63, 3.8) is 0 Å². The van der Waals surface area contributed by atoms with Crippen molar-refractivity contribution < 1.29 is 14.3 Å². The van der Waals surface area contributed by atoms with Crippen molar-refractivity contribution in [1.82, 2.24) is 0 Å². The van der Waals surface area contributed by atoms with Gasteiger partial charge in [-0.2, -0.15) is 0 Å². The van der Waals surface area contributed by atoms with E-state index >= 15 is 0 Å². The van der Waals surface area contributed by atoms with Gasteiger partial charge in [0.05, 0.1) is 26.2 Å². The SMILES string of the molecule is COc1ccc(OC)c(C#CCC=O)c1. The van der Waals surface area contributed by atoms with Crippen LogP contribution in [0.4, 0.5) is 0 Å². The first-order valence-electron chi connectivity index (χ1n) is 4.46. The lowest BCUT2D eigenvalue weighted by molar-refractivity contribution is -0.107. The maximum Gasteiger partial charge on any atom is 0.134 e. The van der Waals surface area contributed by atoms with Crippen molar-refractivity contribution in [2.45, 2.75) is 6.42 Å². The Morgan fingerprint density at radius 3 is 2.73 bits per heavy atom. The van der Waals surface area contributed by atoms with Crippen molar-refractivity contribution in [2.24, 2.45) is 0 Å². The summed E-state index contributed by atoms with van der Waals surface area (Å²) in [6.45, 7) is 0. The molecule has 1 aromatic rings. The summed E-state index contributed by atoms with van der Waals surface area (Å²) >= 11 is 0. The van der Waals surface area contributed by atoms with Gasteiger partial charge in [0.15, 0.2) is 0 Å². The average molecular weight is 204 g/mol. The second kappa shape index (κ2) is 5.71. The second-order valence-corrected chi connectivity index (χ2v) is 2.74. The lowest BCUT2D eigenvalue weighted by Crippen LogP contribution is -1.90. The van der Waals surface area contributed by atoms with Crippen molar-refractivity contribution in [3.05, 3.63) is 23.8 Å². The van der Waals surface area contributed by atoms with Crippen LogP contribution < -0.4 is 9.47 Å². The molecule has 0 amide bonds. The molecule has 3 heteroatoms. The van der Waals surface area contributed by atoms with Crippen LogP contribution in [0.2, 0.25) is 0 Å². The standard InChI is InChI=1S/C12H12O3/c1-14-11-6-7-12(15-2)10(9-11)5-3-4-8-13/h6-9H,4H2,1-2H3. The van der Waals surface area contributed by atoms with E-state index in [0.717, 1.165) is 11.8 Å². The molecule has 0 aromatic heterocycles. The van der Waals surface area contributed by atoms with Gasteiger partial charge >= 0.3 is 0 Å². The van der Waals surface area contributed by atoms with Gasteiger partial charge in [-0.05, 0) is 18.2 Å². The van der Waals surface area contributed by atoms with Gasteiger partial charge in [0, 0.05) is 0 Å². The predicted octanol–water partition coefficient (Wildman–Crippen LogP) is 1.64. The van der Waals surface area contributed by atoms with Crippen LogP contribution in [0, 0.1) is 11.8 Å². The molecule has 15 heavy (non-hydrogen) atoms. The summed E-state index contributed by atoms with van der Waals surface area (Å²) in [5.74, 6) is 6.97. The molecule has 0 aliphatic carbocycles. The van der Waals surface area contributed by atoms with Gasteiger partial charge < -0.3 is 14.3 Å². The van der Waals surface area contributed by atoms with Crippen LogP contribution >= 0.6 is 0 Å². The Kier molecular flexibility index (Phi) is 4.24. The zero-order valence-corrected chi connectivity index (χ0v) is 8.74. The number of hydrogen-bond donors (Lipinski definition) is 0. The molecule has 0 spiro atoms. The third-order valence-corrected chi connectivity index (χ3v) is 1.82. The van der Waals surface area contributed by atoms with E-state index in [2.05, 4.69) is 11.8 Å². The average Bonchev–Trinajstić information content (AvgIpc) is 2.29. The summed E-state index contributed by atoms with van der Waals surface area (Å²) in [6, 6.07) is 5.35. The minimum Gasteiger partial charge on any atom is -0.497 e. The van der Waals surface area contributed by atoms with Crippen LogP contribution in [0.1, 0.15) is 12.0 Å². The van der Waals surface area contributed by atoms with Gasteiger partial charge in [-0.15, -0.1) is 0 Å². The smallest absolute Gasteiger partial charge is 0.134 e. The molecule has 0 saturated heterocycles. The molecule has 0 unspecified atom stereocenters. The van der Waals surface area contributed by atoms with Crippen molar-refractivity contribution in [3.8, 4) is 23.3 Å². The topological polar surface area (TPSA) is 35.5 Å². The Balaban J connectivity index is 3.02. The van der Waals surface area contributed by atoms with Crippen LogP contribution in [0.5, 0.6) is 11.5 Å². The highest BCUT2D eigenvalue weighted by Gasteiger charge is 2.01. The maximum absolute atomic E-state index is 10.1. The van der Waals surface area contributed by atoms with E-state index in [9.17, 15) is 4.79 Å². The van der Waals surface area contributed by atoms with E-state index in [-0.39, 0.29) is 6.42 Å². The highest BCUT2D eigenvalue weighted by Crippen LogP contribution is 2.22. The van der Waals surface area contributed by atoms with Crippen molar-refractivity contribution >= 4 is 6.29 Å². The highest BCUT2D eigenvalue weighted by molar-refractivity contribution is 5.56. The van der Waals surface area contributed by atoms with E-state index in [1.54, 1.807) is 32.4 Å². The zero-order chi connectivity index (χ0) is 11.1. The van der Waals surface area contributed by atoms with Crippen LogP contribution in [0.25, 0.3) is 0 Å². The molecule has 0 aliphatic heterocycles. The molecular formula is C12H12O3. The Bertz CT molecular complexity index is 399. The monoisotopic (exact) mass is 204 g/mol. The largest absolute Gasteiger partial charge is 0.497 e. The number of benzene rings is 1. The number of rotatable bonds is 3. The van der Waals surface area contributed by atoms with Crippen LogP contribution in [0.3, 0.4) is 0 Å². The molecule has 1 aromatic carbocycles. The van der Waals surface area contributed by atoms with E-state index in [1.807, 2.05) is 0 Å². The van der Waals surface area contributed by atoms with Crippen LogP contribution in [-0.2, 0) is 4.79 Å². The number of hydrogen-bond acceptors (Lipinski definition) is 3. The van der Waals surface area contributed by atoms with Gasteiger partial charge in [-0.1, -0.05) is 11.8 Å². The van der Waals surface area contributed by atoms with E-state index in [4.69, 9.17) is 9.47 Å². The molecule has 78 valence electrons. The molecule has 0 bridgehead atoms. The summed E-state index contributed by atoms with van der Waals surface area (Å²) in [7, 11) is 3.16. The van der Waals surface area contributed by atoms with Crippen LogP contribution in [-0.4, -0.2) is 20.5 Å². The molecule has 0 radical (unpaired) electrons. The summed E-state index contributed by atoms with van der Waals surface area (Å²) in [5.41, 5.74) is 0.721. The lowest BCUT2D eigenvalue weighted by atomic mass is 10.2. The molecule has 0 heterocycles. The van der Waals surface area contributed by atoms with Gasteiger partial charge in [-0.25, -0.2) is 0 Å². The fourth-order valence-corrected chi connectivity index (χ4v) is 1.10. The first-order valence-corrected chi connectivity index (χ1v) is 4.46. The molecule has 1 rings (SSSR count). The second-order valence-electron chi connectivity index (χ2n) is 2.74. The van der Waals surface area contributed by atoms with Crippen molar-refractivity contribution in [2.75, 3.05) is 14.2 Å². The molecule has 0 atom stereocenters. The third kappa shape index (κ3) is 3.03. The fraction of sp³-hybridized carbons (Fsp3) is 0.250. The van der Waals surface area contributed by atoms with Gasteiger partial charge in [-0.3, -0.25) is 0 Å². The number of aldehydes is 1. The molecular weight excluding hydrogens is 192 g/mol. The van der Waals surface area contributed by atoms with E-state index in [1.165, 1.54) is 0 Å². The normalized spacial score (nSPS) is 8.67. The quantitative estimate of drug-likeness (QED) is 0.554. The summed E-state index contributed by atoms with van der Waals surface area (Å²) in [6.07, 6.45) is 0.986. The van der Waals surface area contributed by atoms with E-state index in [0.29, 0.717) is 11.5 Å². The Hall–Kier alpha value is -1.95. The maximum atomic E-state index is 10.1. The Morgan fingerprint density at radius 1 is 1.33 bits per heavy atom. The lowest BCUT2D eigenvalue weighted by Gasteiger charge is -2.05. The number of carbonyl (C=O) groups is 1. The first-order chi connectivity index (χ1) is 7.31. The van der Waals surface area contributed by atoms with Crippen molar-refractivity contribution in [1.29, 1.82) is 0 Å². The Labute approximate surface area is 89.0 Å². The summed E-state index contributed by atoms with van der Waals surface area (Å²) in [4.78, 5) is 10.1. The minimum absolute atomic E-state index is 0.223. The molecule has 0 fully saturated rings. The predicted molar refractivity (Wildman–Crippen MR) is 57.1 cm³/mol. The molecule has 0 N–H and O–H groups in total. The highest BCUT2D eigenvalue weighted by atomic mass is 16.5. The Morgan fingerprint density at radius 2 is 2.13 bits per heavy atom. The van der Waals surface area contributed by atoms with Gasteiger partial charge in [0.2, 0.25) is 0 Å². The first kappa shape index (κ1) is 11.1. The summed E-state index contributed by atoms with van der Waals surface area (Å²) < 4.78 is 10.2. The fourth-order valence-electron chi connectivity index (χ4n) is 1.10. The summed E-state index contributed by atoms with van der Waals surface area (Å²) in [5, 5.41) is 0. The zero-order valence-electron chi connectivity index (χ0n) is 8.74. The van der Waals surface area contributed by atoms with Gasteiger partial charge in [0.25, 0.3) is 0 Å². The molecule has 0 aliphatic rings. The molecule has 3 nitrogen and oxygen atoms in total. The van der Waals surface area contributed by atoms with Crippen LogP contribution in [0.15, 0.2) is 18.2 Å². The molecule has 0 saturated carbocycles.